The normalized spacial score (nSPS) is 15.5. The van der Waals surface area contributed by atoms with Gasteiger partial charge in [0.25, 0.3) is 5.56 Å². The van der Waals surface area contributed by atoms with E-state index in [0.717, 1.165) is 29.1 Å². The van der Waals surface area contributed by atoms with Crippen molar-refractivity contribution in [2.75, 3.05) is 24.8 Å². The zero-order chi connectivity index (χ0) is 20.1. The van der Waals surface area contributed by atoms with Gasteiger partial charge in [0, 0.05) is 24.5 Å². The number of amides is 1. The molecule has 1 aliphatic rings. The van der Waals surface area contributed by atoms with Crippen LogP contribution in [0.25, 0.3) is 0 Å². The second kappa shape index (κ2) is 9.62. The number of nitrogens with zero attached hydrogens (tertiary/aromatic N) is 2. The van der Waals surface area contributed by atoms with Crippen LogP contribution in [0.1, 0.15) is 25.1 Å². The molecule has 0 saturated heterocycles. The lowest BCUT2D eigenvalue weighted by Crippen LogP contribution is -2.27. The van der Waals surface area contributed by atoms with Crippen molar-refractivity contribution in [3.05, 3.63) is 45.9 Å². The van der Waals surface area contributed by atoms with E-state index in [1.807, 2.05) is 24.3 Å². The number of hydrogen-bond donors (Lipinski definition) is 1. The molecule has 1 aromatic heterocycles. The first kappa shape index (κ1) is 21.0. The molecular weight excluding hydrogens is 394 g/mol. The van der Waals surface area contributed by atoms with Crippen LogP contribution in [-0.2, 0) is 28.9 Å². The van der Waals surface area contributed by atoms with Gasteiger partial charge < -0.3 is 10.1 Å². The largest absolute Gasteiger partial charge is 0.383 e. The van der Waals surface area contributed by atoms with Crippen molar-refractivity contribution in [1.29, 1.82) is 0 Å². The lowest BCUT2D eigenvalue weighted by atomic mass is 10.1. The number of aryl methyl sites for hydroxylation is 1. The van der Waals surface area contributed by atoms with Gasteiger partial charge in [-0.05, 0) is 24.1 Å². The zero-order valence-corrected chi connectivity index (χ0v) is 18.0. The summed E-state index contributed by atoms with van der Waals surface area (Å²) in [5.41, 5.74) is 2.80. The summed E-state index contributed by atoms with van der Waals surface area (Å²) in [6.45, 7) is 5.03. The number of methoxy groups -OCH3 is 1. The summed E-state index contributed by atoms with van der Waals surface area (Å²) in [5, 5.41) is 3.82. The van der Waals surface area contributed by atoms with E-state index in [1.165, 1.54) is 17.3 Å². The molecule has 2 heterocycles. The van der Waals surface area contributed by atoms with E-state index in [0.29, 0.717) is 23.6 Å². The molecule has 1 aliphatic heterocycles. The van der Waals surface area contributed by atoms with Gasteiger partial charge in [0.05, 0.1) is 29.5 Å². The highest BCUT2D eigenvalue weighted by atomic mass is 32.2. The average molecular weight is 420 g/mol. The summed E-state index contributed by atoms with van der Waals surface area (Å²) in [7, 11) is 1.60. The minimum absolute atomic E-state index is 0.0329. The fourth-order valence-corrected chi connectivity index (χ4v) is 4.93. The van der Waals surface area contributed by atoms with Crippen molar-refractivity contribution in [1.82, 2.24) is 9.55 Å². The van der Waals surface area contributed by atoms with Crippen molar-refractivity contribution >= 4 is 35.1 Å². The first-order valence-electron chi connectivity index (χ1n) is 9.32. The van der Waals surface area contributed by atoms with Gasteiger partial charge >= 0.3 is 0 Å². The van der Waals surface area contributed by atoms with Crippen LogP contribution in [0.2, 0.25) is 0 Å². The van der Waals surface area contributed by atoms with Crippen LogP contribution < -0.4 is 10.9 Å². The predicted octanol–water partition coefficient (Wildman–Crippen LogP) is 3.22. The molecule has 0 radical (unpaired) electrons. The maximum atomic E-state index is 12.9. The molecule has 1 amide bonds. The molecule has 0 aliphatic carbocycles. The van der Waals surface area contributed by atoms with Gasteiger partial charge in [-0.3, -0.25) is 14.2 Å². The second-order valence-electron chi connectivity index (χ2n) is 6.64. The molecule has 0 unspecified atom stereocenters. The third-order valence-corrected chi connectivity index (χ3v) is 6.65. The number of benzene rings is 1. The molecule has 0 fully saturated rings. The number of carbonyl (C=O) groups is 1. The fraction of sp³-hybridized carbons (Fsp3) is 0.450. The van der Waals surface area contributed by atoms with Gasteiger partial charge in [0.1, 0.15) is 0 Å². The Morgan fingerprint density at radius 1 is 1.39 bits per heavy atom. The summed E-state index contributed by atoms with van der Waals surface area (Å²) in [6, 6.07) is 7.82. The highest BCUT2D eigenvalue weighted by Gasteiger charge is 2.26. The van der Waals surface area contributed by atoms with Gasteiger partial charge in [0.2, 0.25) is 5.91 Å². The van der Waals surface area contributed by atoms with E-state index in [4.69, 9.17) is 4.74 Å². The molecule has 6 nitrogen and oxygen atoms in total. The number of anilines is 1. The van der Waals surface area contributed by atoms with Crippen LogP contribution in [0.5, 0.6) is 0 Å². The Balaban J connectivity index is 1.71. The monoisotopic (exact) mass is 419 g/mol. The predicted molar refractivity (Wildman–Crippen MR) is 115 cm³/mol. The molecule has 1 atom stereocenters. The molecule has 2 aromatic rings. The topological polar surface area (TPSA) is 73.2 Å². The van der Waals surface area contributed by atoms with E-state index >= 15 is 0 Å². The van der Waals surface area contributed by atoms with E-state index in [2.05, 4.69) is 24.1 Å². The Kier molecular flexibility index (Phi) is 7.20. The maximum Gasteiger partial charge on any atom is 0.268 e. The maximum absolute atomic E-state index is 12.9. The lowest BCUT2D eigenvalue weighted by molar-refractivity contribution is -0.113. The number of carbonyl (C=O) groups excluding carboxylic acids is 1. The van der Waals surface area contributed by atoms with E-state index in [9.17, 15) is 9.59 Å². The van der Waals surface area contributed by atoms with Gasteiger partial charge in [-0.2, -0.15) is 0 Å². The highest BCUT2D eigenvalue weighted by Crippen LogP contribution is 2.34. The first-order chi connectivity index (χ1) is 13.5. The number of rotatable bonds is 8. The molecular formula is C20H25N3O3S2. The Morgan fingerprint density at radius 3 is 2.82 bits per heavy atom. The van der Waals surface area contributed by atoms with E-state index in [-0.39, 0.29) is 17.2 Å². The smallest absolute Gasteiger partial charge is 0.268 e. The Bertz CT molecular complexity index is 897. The molecule has 1 aromatic carbocycles. The molecule has 150 valence electrons. The van der Waals surface area contributed by atoms with E-state index in [1.54, 1.807) is 23.4 Å². The van der Waals surface area contributed by atoms with Gasteiger partial charge in [0.15, 0.2) is 5.16 Å². The van der Waals surface area contributed by atoms with Crippen LogP contribution >= 0.6 is 23.5 Å². The molecule has 0 spiro atoms. The summed E-state index contributed by atoms with van der Waals surface area (Å²) in [5.74, 6) is 0.0706. The SMILES string of the molecule is CCc1ccc(NC(=O)CSc2nc3c(c(=O)n2CCOC)S[C@@H](C)C3)cc1. The van der Waals surface area contributed by atoms with E-state index < -0.39 is 0 Å². The Morgan fingerprint density at radius 2 is 2.14 bits per heavy atom. The fourth-order valence-electron chi connectivity index (χ4n) is 2.97. The number of thioether (sulfide) groups is 2. The number of ether oxygens (including phenoxy) is 1. The molecule has 8 heteroatoms. The van der Waals surface area contributed by atoms with Crippen molar-refractivity contribution in [3.63, 3.8) is 0 Å². The number of fused-ring (bicyclic) bond motifs is 1. The summed E-state index contributed by atoms with van der Waals surface area (Å²) < 4.78 is 6.76. The minimum Gasteiger partial charge on any atom is -0.383 e. The van der Waals surface area contributed by atoms with Gasteiger partial charge in [-0.1, -0.05) is 37.7 Å². The molecule has 0 saturated carbocycles. The average Bonchev–Trinajstić information content (AvgIpc) is 3.07. The van der Waals surface area contributed by atoms with Crippen LogP contribution in [0.3, 0.4) is 0 Å². The summed E-state index contributed by atoms with van der Waals surface area (Å²) in [4.78, 5) is 30.6. The number of hydrogen-bond acceptors (Lipinski definition) is 6. The quantitative estimate of drug-likeness (QED) is 0.523. The van der Waals surface area contributed by atoms with Crippen LogP contribution in [0.4, 0.5) is 5.69 Å². The molecule has 1 N–H and O–H groups in total. The third-order valence-electron chi connectivity index (χ3n) is 4.46. The molecule has 0 bridgehead atoms. The molecule has 3 rings (SSSR count). The standard InChI is InChI=1S/C20H25N3O3S2/c1-4-14-5-7-15(8-6-14)21-17(24)12-27-20-22-16-11-13(2)28-18(16)19(25)23(20)9-10-26-3/h5-8,13H,4,9-12H2,1-3H3,(H,21,24)/t13-/m0/s1. The highest BCUT2D eigenvalue weighted by molar-refractivity contribution is 8.00. The van der Waals surface area contributed by atoms with Crippen molar-refractivity contribution < 1.29 is 9.53 Å². The van der Waals surface area contributed by atoms with Crippen molar-refractivity contribution in [3.8, 4) is 0 Å². The Hall–Kier alpha value is -1.77. The van der Waals surface area contributed by atoms with Crippen molar-refractivity contribution in [2.45, 2.75) is 48.5 Å². The van der Waals surface area contributed by atoms with Gasteiger partial charge in [-0.25, -0.2) is 4.98 Å². The number of aromatic nitrogens is 2. The third kappa shape index (κ3) is 4.98. The van der Waals surface area contributed by atoms with Gasteiger partial charge in [-0.15, -0.1) is 11.8 Å². The summed E-state index contributed by atoms with van der Waals surface area (Å²) >= 11 is 2.87. The summed E-state index contributed by atoms with van der Waals surface area (Å²) in [6.07, 6.45) is 1.74. The van der Waals surface area contributed by atoms with Crippen LogP contribution in [0, 0.1) is 0 Å². The number of nitrogens with one attached hydrogen (secondary N) is 1. The second-order valence-corrected chi connectivity index (χ2v) is 9.03. The van der Waals surface area contributed by atoms with Crippen LogP contribution in [0.15, 0.2) is 39.1 Å². The first-order valence-corrected chi connectivity index (χ1v) is 11.2. The zero-order valence-electron chi connectivity index (χ0n) is 16.4. The lowest BCUT2D eigenvalue weighted by Gasteiger charge is -2.13. The Labute approximate surface area is 173 Å². The molecule has 28 heavy (non-hydrogen) atoms. The minimum atomic E-state index is -0.120. The van der Waals surface area contributed by atoms with Crippen molar-refractivity contribution in [2.24, 2.45) is 0 Å². The van der Waals surface area contributed by atoms with Crippen LogP contribution in [-0.4, -0.2) is 40.2 Å².